The Morgan fingerprint density at radius 3 is 2.44 bits per heavy atom. The summed E-state index contributed by atoms with van der Waals surface area (Å²) in [5.41, 5.74) is 3.01. The number of halogens is 2. The van der Waals surface area contributed by atoms with E-state index in [9.17, 15) is 18.8 Å². The summed E-state index contributed by atoms with van der Waals surface area (Å²) in [7, 11) is 0. The summed E-state index contributed by atoms with van der Waals surface area (Å²) < 4.78 is 28.5. The Labute approximate surface area is 144 Å². The van der Waals surface area contributed by atoms with E-state index >= 15 is 0 Å². The molecule has 2 aromatic carbocycles. The van der Waals surface area contributed by atoms with E-state index in [4.69, 9.17) is 0 Å². The smallest absolute Gasteiger partial charge is 0.387 e. The summed E-state index contributed by atoms with van der Waals surface area (Å²) in [4.78, 5) is 12.3. The van der Waals surface area contributed by atoms with Crippen molar-refractivity contribution in [2.75, 3.05) is 5.32 Å². The van der Waals surface area contributed by atoms with E-state index in [-0.39, 0.29) is 11.3 Å². The zero-order chi connectivity index (χ0) is 18.4. The lowest BCUT2D eigenvalue weighted by atomic mass is 10.1. The number of amides is 1. The van der Waals surface area contributed by atoms with Crippen LogP contribution >= 0.6 is 0 Å². The van der Waals surface area contributed by atoms with Crippen molar-refractivity contribution >= 4 is 17.7 Å². The highest BCUT2D eigenvalue weighted by Gasteiger charge is 2.11. The fourth-order valence-electron chi connectivity index (χ4n) is 2.20. The van der Waals surface area contributed by atoms with E-state index in [1.807, 2.05) is 32.0 Å². The van der Waals surface area contributed by atoms with E-state index in [2.05, 4.69) is 10.1 Å². The fourth-order valence-corrected chi connectivity index (χ4v) is 2.20. The minimum atomic E-state index is -2.90. The third-order valence-electron chi connectivity index (χ3n) is 3.41. The number of nitrogens with one attached hydrogen (secondary N) is 1. The predicted octanol–water partition coefficient (Wildman–Crippen LogP) is 4.45. The zero-order valence-electron chi connectivity index (χ0n) is 13.7. The number of ether oxygens (including phenoxy) is 1. The topological polar surface area (TPSA) is 62.1 Å². The molecule has 0 spiro atoms. The highest BCUT2D eigenvalue weighted by atomic mass is 19.3. The van der Waals surface area contributed by atoms with Crippen LogP contribution in [0.4, 0.5) is 14.5 Å². The number of anilines is 1. The van der Waals surface area contributed by atoms with Crippen molar-refractivity contribution in [1.82, 2.24) is 0 Å². The van der Waals surface area contributed by atoms with Crippen molar-refractivity contribution in [3.05, 3.63) is 64.7 Å². The number of benzene rings is 2. The number of carbonyl (C=O) groups excluding carboxylic acids is 1. The molecular formula is C19H16F2N2O2. The van der Waals surface area contributed by atoms with Crippen LogP contribution in [-0.4, -0.2) is 12.5 Å². The lowest BCUT2D eigenvalue weighted by Gasteiger charge is -2.08. The standard InChI is InChI=1S/C19H16F2N2O2/c1-12-3-8-17(13(2)9-12)23-18(24)15(11-22)10-14-4-6-16(7-5-14)25-19(20)21/h3-10,19H,1-2H3,(H,23,24)/b15-10+. The van der Waals surface area contributed by atoms with Gasteiger partial charge in [-0.3, -0.25) is 4.79 Å². The number of carbonyl (C=O) groups is 1. The molecule has 0 aliphatic rings. The van der Waals surface area contributed by atoms with E-state index < -0.39 is 12.5 Å². The molecule has 0 atom stereocenters. The summed E-state index contributed by atoms with van der Waals surface area (Å²) in [6, 6.07) is 13.1. The molecule has 6 heteroatoms. The summed E-state index contributed by atoms with van der Waals surface area (Å²) in [6.45, 7) is 0.903. The Kier molecular flexibility index (Phi) is 5.85. The van der Waals surface area contributed by atoms with Crippen LogP contribution in [0.2, 0.25) is 0 Å². The number of aryl methyl sites for hydroxylation is 2. The molecule has 4 nitrogen and oxygen atoms in total. The highest BCUT2D eigenvalue weighted by Crippen LogP contribution is 2.19. The van der Waals surface area contributed by atoms with Crippen LogP contribution < -0.4 is 10.1 Å². The highest BCUT2D eigenvalue weighted by molar-refractivity contribution is 6.09. The van der Waals surface area contributed by atoms with Gasteiger partial charge < -0.3 is 10.1 Å². The van der Waals surface area contributed by atoms with Crippen LogP contribution in [0.25, 0.3) is 6.08 Å². The molecule has 128 valence electrons. The average Bonchev–Trinajstić information content (AvgIpc) is 2.56. The van der Waals surface area contributed by atoms with Gasteiger partial charge in [-0.1, -0.05) is 29.8 Å². The first kappa shape index (κ1) is 18.1. The van der Waals surface area contributed by atoms with Gasteiger partial charge in [0.2, 0.25) is 0 Å². The van der Waals surface area contributed by atoms with Crippen LogP contribution in [0.3, 0.4) is 0 Å². The molecule has 0 radical (unpaired) electrons. The fraction of sp³-hybridized carbons (Fsp3) is 0.158. The molecule has 0 heterocycles. The minimum Gasteiger partial charge on any atom is -0.435 e. The van der Waals surface area contributed by atoms with Crippen molar-refractivity contribution in [2.24, 2.45) is 0 Å². The van der Waals surface area contributed by atoms with Crippen molar-refractivity contribution in [3.63, 3.8) is 0 Å². The molecule has 0 aromatic heterocycles. The lowest BCUT2D eigenvalue weighted by molar-refractivity contribution is -0.112. The van der Waals surface area contributed by atoms with Gasteiger partial charge in [-0.25, -0.2) is 0 Å². The number of alkyl halides is 2. The summed E-state index contributed by atoms with van der Waals surface area (Å²) in [5, 5.41) is 11.9. The quantitative estimate of drug-likeness (QED) is 0.645. The second kappa shape index (κ2) is 8.06. The first-order valence-corrected chi connectivity index (χ1v) is 7.44. The Morgan fingerprint density at radius 1 is 1.20 bits per heavy atom. The van der Waals surface area contributed by atoms with Crippen LogP contribution in [-0.2, 0) is 4.79 Å². The molecule has 0 fully saturated rings. The van der Waals surface area contributed by atoms with Crippen molar-refractivity contribution in [3.8, 4) is 11.8 Å². The number of hydrogen-bond donors (Lipinski definition) is 1. The van der Waals surface area contributed by atoms with Gasteiger partial charge >= 0.3 is 6.61 Å². The van der Waals surface area contributed by atoms with Crippen LogP contribution in [0, 0.1) is 25.2 Å². The maximum Gasteiger partial charge on any atom is 0.387 e. The monoisotopic (exact) mass is 342 g/mol. The third kappa shape index (κ3) is 5.15. The Hall–Kier alpha value is -3.20. The van der Waals surface area contributed by atoms with Crippen molar-refractivity contribution < 1.29 is 18.3 Å². The van der Waals surface area contributed by atoms with Gasteiger partial charge in [0.1, 0.15) is 17.4 Å². The van der Waals surface area contributed by atoms with E-state index in [1.54, 1.807) is 6.07 Å². The van der Waals surface area contributed by atoms with Crippen molar-refractivity contribution in [2.45, 2.75) is 20.5 Å². The van der Waals surface area contributed by atoms with Crippen LogP contribution in [0.15, 0.2) is 48.0 Å². The van der Waals surface area contributed by atoms with Gasteiger partial charge in [0.15, 0.2) is 0 Å². The van der Waals surface area contributed by atoms with Gasteiger partial charge in [0, 0.05) is 5.69 Å². The number of nitrogens with zero attached hydrogens (tertiary/aromatic N) is 1. The molecule has 0 unspecified atom stereocenters. The second-order valence-corrected chi connectivity index (χ2v) is 5.39. The minimum absolute atomic E-state index is 0.00499. The molecule has 0 bridgehead atoms. The van der Waals surface area contributed by atoms with Gasteiger partial charge in [-0.05, 0) is 49.2 Å². The van der Waals surface area contributed by atoms with E-state index in [0.717, 1.165) is 11.1 Å². The normalized spacial score (nSPS) is 11.1. The number of rotatable bonds is 5. The predicted molar refractivity (Wildman–Crippen MR) is 91.2 cm³/mol. The van der Waals surface area contributed by atoms with Crippen molar-refractivity contribution in [1.29, 1.82) is 5.26 Å². The summed E-state index contributed by atoms with van der Waals surface area (Å²) in [5.74, 6) is -0.534. The Bertz CT molecular complexity index is 837. The first-order chi connectivity index (χ1) is 11.9. The Morgan fingerprint density at radius 2 is 1.88 bits per heavy atom. The van der Waals surface area contributed by atoms with E-state index in [0.29, 0.717) is 11.3 Å². The maximum atomic E-state index is 12.3. The molecule has 0 aliphatic heterocycles. The van der Waals surface area contributed by atoms with Crippen LogP contribution in [0.5, 0.6) is 5.75 Å². The maximum absolute atomic E-state index is 12.3. The van der Waals surface area contributed by atoms with Crippen LogP contribution in [0.1, 0.15) is 16.7 Å². The SMILES string of the molecule is Cc1ccc(NC(=O)/C(C#N)=C/c2ccc(OC(F)F)cc2)c(C)c1. The summed E-state index contributed by atoms with van der Waals surface area (Å²) in [6.07, 6.45) is 1.38. The molecule has 2 rings (SSSR count). The first-order valence-electron chi connectivity index (χ1n) is 7.44. The molecule has 2 aromatic rings. The second-order valence-electron chi connectivity index (χ2n) is 5.39. The Balaban J connectivity index is 2.16. The average molecular weight is 342 g/mol. The molecule has 0 saturated heterocycles. The van der Waals surface area contributed by atoms with Gasteiger partial charge in [-0.15, -0.1) is 0 Å². The lowest BCUT2D eigenvalue weighted by Crippen LogP contribution is -2.14. The molecule has 0 saturated carbocycles. The molecule has 25 heavy (non-hydrogen) atoms. The van der Waals surface area contributed by atoms with Gasteiger partial charge in [0.25, 0.3) is 5.91 Å². The molecule has 1 amide bonds. The summed E-state index contributed by atoms with van der Waals surface area (Å²) >= 11 is 0. The van der Waals surface area contributed by atoms with Gasteiger partial charge in [-0.2, -0.15) is 14.0 Å². The van der Waals surface area contributed by atoms with E-state index in [1.165, 1.54) is 30.3 Å². The third-order valence-corrected chi connectivity index (χ3v) is 3.41. The zero-order valence-corrected chi connectivity index (χ0v) is 13.7. The van der Waals surface area contributed by atoms with Gasteiger partial charge in [0.05, 0.1) is 0 Å². The largest absolute Gasteiger partial charge is 0.435 e. The molecule has 1 N–H and O–H groups in total. The molecular weight excluding hydrogens is 326 g/mol. The molecule has 0 aliphatic carbocycles. The number of nitriles is 1. The number of hydrogen-bond acceptors (Lipinski definition) is 3.